The molecule has 0 bridgehead atoms. The van der Waals surface area contributed by atoms with Crippen molar-refractivity contribution < 1.29 is 9.90 Å². The van der Waals surface area contributed by atoms with Gasteiger partial charge in [-0.1, -0.05) is 13.3 Å². The molecule has 128 valence electrons. The van der Waals surface area contributed by atoms with Gasteiger partial charge >= 0.3 is 5.97 Å². The van der Waals surface area contributed by atoms with Gasteiger partial charge < -0.3 is 5.11 Å². The summed E-state index contributed by atoms with van der Waals surface area (Å²) in [6, 6.07) is 7.10. The van der Waals surface area contributed by atoms with E-state index < -0.39 is 5.97 Å². The number of carboxylic acids is 1. The summed E-state index contributed by atoms with van der Waals surface area (Å²) in [5, 5.41) is 9.13. The van der Waals surface area contributed by atoms with Gasteiger partial charge in [-0.25, -0.2) is 9.78 Å². The molecule has 0 aliphatic carbocycles. The highest BCUT2D eigenvalue weighted by molar-refractivity contribution is 7.12. The van der Waals surface area contributed by atoms with E-state index in [1.54, 1.807) is 17.4 Å². The summed E-state index contributed by atoms with van der Waals surface area (Å²) in [5.74, 6) is -1.07. The summed E-state index contributed by atoms with van der Waals surface area (Å²) in [4.78, 5) is 30.9. The first-order valence-corrected chi connectivity index (χ1v) is 8.84. The summed E-state index contributed by atoms with van der Waals surface area (Å²) >= 11 is 1.68. The quantitative estimate of drug-likeness (QED) is 0.754. The molecule has 0 aliphatic rings. The summed E-state index contributed by atoms with van der Waals surface area (Å²) in [6.07, 6.45) is 6.56. The van der Waals surface area contributed by atoms with Crippen LogP contribution in [0.15, 0.2) is 35.3 Å². The fourth-order valence-electron chi connectivity index (χ4n) is 2.65. The molecule has 0 unspecified atom stereocenters. The van der Waals surface area contributed by atoms with Gasteiger partial charge in [0.25, 0.3) is 5.56 Å². The van der Waals surface area contributed by atoms with Crippen molar-refractivity contribution in [1.82, 2.24) is 9.38 Å². The third kappa shape index (κ3) is 3.53. The van der Waals surface area contributed by atoms with Crippen molar-refractivity contribution in [3.05, 3.63) is 67.4 Å². The summed E-state index contributed by atoms with van der Waals surface area (Å²) in [5.41, 5.74) is 1.54. The number of thiophene rings is 1. The fraction of sp³-hybridized carbons (Fsp3) is 0.211. The first-order valence-electron chi connectivity index (χ1n) is 8.02. The number of fused-ring (bicyclic) bond motifs is 1. The second-order valence-corrected chi connectivity index (χ2v) is 7.08. The molecule has 0 radical (unpaired) electrons. The van der Waals surface area contributed by atoms with E-state index in [2.05, 4.69) is 4.98 Å². The molecule has 0 aromatic carbocycles. The van der Waals surface area contributed by atoms with E-state index in [1.807, 2.05) is 38.1 Å². The zero-order chi connectivity index (χ0) is 18.0. The molecular formula is C19H18N2O3S. The van der Waals surface area contributed by atoms with Crippen molar-refractivity contribution in [2.24, 2.45) is 0 Å². The average molecular weight is 354 g/mol. The van der Waals surface area contributed by atoms with Crippen LogP contribution < -0.4 is 5.56 Å². The van der Waals surface area contributed by atoms with Crippen LogP contribution in [0.1, 0.15) is 44.7 Å². The zero-order valence-electron chi connectivity index (χ0n) is 14.0. The van der Waals surface area contributed by atoms with E-state index in [4.69, 9.17) is 5.11 Å². The van der Waals surface area contributed by atoms with Gasteiger partial charge in [0.2, 0.25) is 0 Å². The van der Waals surface area contributed by atoms with E-state index in [0.717, 1.165) is 11.3 Å². The molecule has 0 saturated heterocycles. The van der Waals surface area contributed by atoms with Crippen LogP contribution in [0.3, 0.4) is 0 Å². The predicted octanol–water partition coefficient (Wildman–Crippen LogP) is 3.89. The third-order valence-electron chi connectivity index (χ3n) is 3.86. The number of aromatic nitrogens is 2. The van der Waals surface area contributed by atoms with Gasteiger partial charge in [0, 0.05) is 21.5 Å². The van der Waals surface area contributed by atoms with Gasteiger partial charge in [-0.05, 0) is 49.8 Å². The summed E-state index contributed by atoms with van der Waals surface area (Å²) in [6.45, 7) is 4.04. The number of aryl methyl sites for hydroxylation is 1. The minimum atomic E-state index is -1.07. The molecule has 0 saturated carbocycles. The number of pyridine rings is 1. The van der Waals surface area contributed by atoms with E-state index in [1.165, 1.54) is 21.5 Å². The third-order valence-corrected chi connectivity index (χ3v) is 4.83. The highest BCUT2D eigenvalue weighted by Crippen LogP contribution is 2.19. The van der Waals surface area contributed by atoms with Gasteiger partial charge in [0.1, 0.15) is 5.65 Å². The molecule has 0 fully saturated rings. The molecule has 0 amide bonds. The monoisotopic (exact) mass is 354 g/mol. The first kappa shape index (κ1) is 17.1. The highest BCUT2D eigenvalue weighted by Gasteiger charge is 2.12. The number of carboxylic acid groups (broad SMARTS) is 1. The van der Waals surface area contributed by atoms with Crippen molar-refractivity contribution in [2.45, 2.75) is 26.7 Å². The average Bonchev–Trinajstić information content (AvgIpc) is 3.01. The Morgan fingerprint density at radius 3 is 2.72 bits per heavy atom. The number of nitrogens with zero attached hydrogens (tertiary/aromatic N) is 2. The number of aromatic carboxylic acids is 1. The predicted molar refractivity (Wildman–Crippen MR) is 100 cm³/mol. The largest absolute Gasteiger partial charge is 0.478 e. The smallest absolute Gasteiger partial charge is 0.337 e. The van der Waals surface area contributed by atoms with Crippen LogP contribution in [0.5, 0.6) is 0 Å². The Morgan fingerprint density at radius 2 is 2.08 bits per heavy atom. The Kier molecular flexibility index (Phi) is 4.81. The lowest BCUT2D eigenvalue weighted by Crippen LogP contribution is -2.22. The van der Waals surface area contributed by atoms with Gasteiger partial charge in [-0.15, -0.1) is 11.3 Å². The Labute approximate surface area is 148 Å². The van der Waals surface area contributed by atoms with Gasteiger partial charge in [0.15, 0.2) is 0 Å². The molecule has 3 heterocycles. The summed E-state index contributed by atoms with van der Waals surface area (Å²) in [7, 11) is 0. The molecule has 3 aromatic heterocycles. The van der Waals surface area contributed by atoms with Crippen LogP contribution in [0.4, 0.5) is 0 Å². The molecule has 1 N–H and O–H groups in total. The maximum Gasteiger partial charge on any atom is 0.337 e. The van der Waals surface area contributed by atoms with Crippen LogP contribution >= 0.6 is 11.3 Å². The Hall–Kier alpha value is -2.73. The SMILES string of the molecule is CCCc1c(C=Cc2ccc(C)s2)nc2ccc(C(=O)O)cn2c1=O. The van der Waals surface area contributed by atoms with Crippen LogP contribution in [0, 0.1) is 6.92 Å². The Balaban J connectivity index is 2.15. The van der Waals surface area contributed by atoms with E-state index in [9.17, 15) is 9.59 Å². The normalized spacial score (nSPS) is 11.4. The second kappa shape index (κ2) is 7.03. The minimum absolute atomic E-state index is 0.0659. The van der Waals surface area contributed by atoms with E-state index in [-0.39, 0.29) is 11.1 Å². The maximum atomic E-state index is 12.8. The molecule has 6 heteroatoms. The first-order chi connectivity index (χ1) is 12.0. The number of hydrogen-bond donors (Lipinski definition) is 1. The lowest BCUT2D eigenvalue weighted by atomic mass is 10.1. The van der Waals surface area contributed by atoms with Crippen LogP contribution in [0.2, 0.25) is 0 Å². The van der Waals surface area contributed by atoms with Crippen LogP contribution in [-0.2, 0) is 6.42 Å². The van der Waals surface area contributed by atoms with Crippen molar-refractivity contribution in [3.63, 3.8) is 0 Å². The Morgan fingerprint density at radius 1 is 1.28 bits per heavy atom. The lowest BCUT2D eigenvalue weighted by molar-refractivity contribution is 0.0696. The van der Waals surface area contributed by atoms with Gasteiger partial charge in [0.05, 0.1) is 11.3 Å². The molecule has 25 heavy (non-hydrogen) atoms. The fourth-order valence-corrected chi connectivity index (χ4v) is 3.43. The number of rotatable bonds is 5. The van der Waals surface area contributed by atoms with Crippen molar-refractivity contribution in [3.8, 4) is 0 Å². The Bertz CT molecular complexity index is 1030. The molecule has 0 aliphatic heterocycles. The highest BCUT2D eigenvalue weighted by atomic mass is 32.1. The van der Waals surface area contributed by atoms with Crippen molar-refractivity contribution in [2.75, 3.05) is 0 Å². The van der Waals surface area contributed by atoms with Crippen molar-refractivity contribution in [1.29, 1.82) is 0 Å². The van der Waals surface area contributed by atoms with Crippen LogP contribution in [0.25, 0.3) is 17.8 Å². The molecule has 3 aromatic rings. The van der Waals surface area contributed by atoms with E-state index in [0.29, 0.717) is 23.3 Å². The molecule has 5 nitrogen and oxygen atoms in total. The van der Waals surface area contributed by atoms with E-state index >= 15 is 0 Å². The molecule has 3 rings (SSSR count). The molecular weight excluding hydrogens is 336 g/mol. The standard InChI is InChI=1S/C19H18N2O3S/c1-3-4-15-16(9-8-14-7-5-12(2)25-14)20-17-10-6-13(19(23)24)11-21(17)18(15)22/h5-11H,3-4H2,1-2H3,(H,23,24). The molecule has 0 spiro atoms. The lowest BCUT2D eigenvalue weighted by Gasteiger charge is -2.08. The van der Waals surface area contributed by atoms with Gasteiger partial charge in [-0.2, -0.15) is 0 Å². The number of hydrogen-bond acceptors (Lipinski definition) is 4. The van der Waals surface area contributed by atoms with Gasteiger partial charge in [-0.3, -0.25) is 9.20 Å². The zero-order valence-corrected chi connectivity index (χ0v) is 14.8. The minimum Gasteiger partial charge on any atom is -0.478 e. The molecule has 0 atom stereocenters. The van der Waals surface area contributed by atoms with Crippen LogP contribution in [-0.4, -0.2) is 20.5 Å². The van der Waals surface area contributed by atoms with Crippen molar-refractivity contribution >= 4 is 35.1 Å². The topological polar surface area (TPSA) is 71.7 Å². The summed E-state index contributed by atoms with van der Waals surface area (Å²) < 4.78 is 1.32. The number of carbonyl (C=O) groups is 1. The maximum absolute atomic E-state index is 12.8. The second-order valence-electron chi connectivity index (χ2n) is 5.76.